The second-order valence-electron chi connectivity index (χ2n) is 10.7. The number of unbranched alkanes of at least 4 members (excludes halogenated alkanes) is 1. The molecule has 10 heteroatoms. The van der Waals surface area contributed by atoms with Crippen molar-refractivity contribution in [3.63, 3.8) is 0 Å². The number of hydrogen-bond acceptors (Lipinski definition) is 5. The van der Waals surface area contributed by atoms with Gasteiger partial charge in [0, 0.05) is 18.1 Å². The molecule has 0 fully saturated rings. The number of rotatable bonds is 14. The third-order valence-electron chi connectivity index (χ3n) is 7.23. The summed E-state index contributed by atoms with van der Waals surface area (Å²) in [6.45, 7) is 5.52. The molecule has 2 amide bonds. The maximum atomic E-state index is 14.1. The second-order valence-corrected chi connectivity index (χ2v) is 13.0. The molecule has 0 aliphatic carbocycles. The predicted octanol–water partition coefficient (Wildman–Crippen LogP) is 6.97. The predicted molar refractivity (Wildman–Crippen MR) is 178 cm³/mol. The van der Waals surface area contributed by atoms with Gasteiger partial charge in [-0.25, -0.2) is 8.42 Å². The summed E-state index contributed by atoms with van der Waals surface area (Å²) in [5.41, 5.74) is 1.88. The number of sulfonamides is 1. The third kappa shape index (κ3) is 9.09. The average molecular weight is 648 g/mol. The molecule has 4 rings (SSSR count). The van der Waals surface area contributed by atoms with Crippen molar-refractivity contribution in [3.8, 4) is 11.5 Å². The zero-order chi connectivity index (χ0) is 32.4. The van der Waals surface area contributed by atoms with Gasteiger partial charge in [0.1, 0.15) is 24.1 Å². The van der Waals surface area contributed by atoms with Crippen molar-refractivity contribution in [3.05, 3.63) is 119 Å². The quantitative estimate of drug-likeness (QED) is 0.149. The lowest BCUT2D eigenvalue weighted by molar-refractivity contribution is -0.139. The number of aryl methyl sites for hydroxylation is 1. The Labute approximate surface area is 270 Å². The van der Waals surface area contributed by atoms with Crippen molar-refractivity contribution < 1.29 is 22.7 Å². The molecule has 8 nitrogen and oxygen atoms in total. The number of amides is 2. The number of benzene rings is 4. The lowest BCUT2D eigenvalue weighted by Gasteiger charge is -2.32. The number of para-hydroxylation sites is 1. The van der Waals surface area contributed by atoms with Crippen LogP contribution in [0.3, 0.4) is 0 Å². The van der Waals surface area contributed by atoms with Crippen LogP contribution < -0.4 is 14.4 Å². The SMILES string of the molecule is CCCCNC(=O)C(C)N(Cc1cccc(Cl)c1)C(=O)CN(c1ccc(Oc2ccccc2)cc1)S(=O)(=O)c1ccc(C)cc1. The molecule has 0 spiro atoms. The Balaban J connectivity index is 1.69. The first kappa shape index (κ1) is 33.6. The van der Waals surface area contributed by atoms with Crippen LogP contribution >= 0.6 is 11.6 Å². The van der Waals surface area contributed by atoms with Crippen molar-refractivity contribution in [1.82, 2.24) is 10.2 Å². The molecule has 1 N–H and O–H groups in total. The van der Waals surface area contributed by atoms with Crippen molar-refractivity contribution in [1.29, 1.82) is 0 Å². The van der Waals surface area contributed by atoms with E-state index < -0.39 is 28.5 Å². The Bertz CT molecular complexity index is 1680. The molecule has 45 heavy (non-hydrogen) atoms. The maximum absolute atomic E-state index is 14.1. The fraction of sp³-hybridized carbons (Fsp3) is 0.257. The van der Waals surface area contributed by atoms with Gasteiger partial charge in [0.05, 0.1) is 10.6 Å². The summed E-state index contributed by atoms with van der Waals surface area (Å²) in [5.74, 6) is 0.263. The normalized spacial score (nSPS) is 11.8. The van der Waals surface area contributed by atoms with E-state index in [4.69, 9.17) is 16.3 Å². The molecular weight excluding hydrogens is 610 g/mol. The van der Waals surface area contributed by atoms with E-state index in [2.05, 4.69) is 5.32 Å². The Hall–Kier alpha value is -4.34. The van der Waals surface area contributed by atoms with Gasteiger partial charge in [-0.1, -0.05) is 73.0 Å². The van der Waals surface area contributed by atoms with Crippen LogP contribution in [0.1, 0.15) is 37.8 Å². The first-order chi connectivity index (χ1) is 21.6. The van der Waals surface area contributed by atoms with Crippen LogP contribution in [0, 0.1) is 6.92 Å². The van der Waals surface area contributed by atoms with Gasteiger partial charge < -0.3 is 15.0 Å². The number of nitrogens with one attached hydrogen (secondary N) is 1. The molecule has 0 bridgehead atoms. The van der Waals surface area contributed by atoms with Crippen LogP contribution in [0.2, 0.25) is 5.02 Å². The standard InChI is InChI=1S/C35H38ClN3O5S/c1-4-5-22-37-35(41)27(3)38(24-28-10-9-11-29(36)23-28)34(40)25-39(45(42,43)33-20-14-26(2)15-21-33)30-16-18-32(19-17-30)44-31-12-7-6-8-13-31/h6-21,23,27H,4-5,22,24-25H2,1-3H3,(H,37,41). The molecule has 236 valence electrons. The first-order valence-electron chi connectivity index (χ1n) is 14.8. The summed E-state index contributed by atoms with van der Waals surface area (Å²) < 4.78 is 35.1. The summed E-state index contributed by atoms with van der Waals surface area (Å²) in [4.78, 5) is 28.7. The smallest absolute Gasteiger partial charge is 0.264 e. The van der Waals surface area contributed by atoms with E-state index in [-0.39, 0.29) is 23.0 Å². The molecule has 0 saturated carbocycles. The van der Waals surface area contributed by atoms with Crippen LogP contribution in [0.25, 0.3) is 0 Å². The topological polar surface area (TPSA) is 96.0 Å². The van der Waals surface area contributed by atoms with Crippen LogP contribution in [-0.2, 0) is 26.2 Å². The van der Waals surface area contributed by atoms with Crippen molar-refractivity contribution in [2.75, 3.05) is 17.4 Å². The largest absolute Gasteiger partial charge is 0.457 e. The molecule has 0 aliphatic rings. The highest BCUT2D eigenvalue weighted by molar-refractivity contribution is 7.92. The van der Waals surface area contributed by atoms with Gasteiger partial charge >= 0.3 is 0 Å². The van der Waals surface area contributed by atoms with Gasteiger partial charge in [-0.15, -0.1) is 0 Å². The van der Waals surface area contributed by atoms with Crippen LogP contribution in [0.4, 0.5) is 5.69 Å². The van der Waals surface area contributed by atoms with Gasteiger partial charge in [-0.3, -0.25) is 13.9 Å². The van der Waals surface area contributed by atoms with E-state index in [0.717, 1.165) is 22.7 Å². The minimum atomic E-state index is -4.19. The number of carbonyl (C=O) groups is 2. The average Bonchev–Trinajstić information content (AvgIpc) is 3.03. The number of halogens is 1. The molecular formula is C35H38ClN3O5S. The number of anilines is 1. The zero-order valence-corrected chi connectivity index (χ0v) is 27.2. The fourth-order valence-corrected chi connectivity index (χ4v) is 6.25. The molecule has 0 aromatic heterocycles. The summed E-state index contributed by atoms with van der Waals surface area (Å²) in [5, 5.41) is 3.37. The molecule has 1 unspecified atom stereocenters. The van der Waals surface area contributed by atoms with Gasteiger partial charge in [-0.05, 0) is 86.5 Å². The molecule has 0 saturated heterocycles. The van der Waals surface area contributed by atoms with Crippen molar-refractivity contribution >= 4 is 39.1 Å². The maximum Gasteiger partial charge on any atom is 0.264 e. The molecule has 4 aromatic rings. The van der Waals surface area contributed by atoms with E-state index >= 15 is 0 Å². The Morgan fingerprint density at radius 3 is 2.20 bits per heavy atom. The minimum Gasteiger partial charge on any atom is -0.457 e. The van der Waals surface area contributed by atoms with Crippen molar-refractivity contribution in [2.45, 2.75) is 51.1 Å². The highest BCUT2D eigenvalue weighted by atomic mass is 35.5. The van der Waals surface area contributed by atoms with Crippen molar-refractivity contribution in [2.24, 2.45) is 0 Å². The van der Waals surface area contributed by atoms with E-state index in [0.29, 0.717) is 28.6 Å². The fourth-order valence-electron chi connectivity index (χ4n) is 4.62. The lowest BCUT2D eigenvalue weighted by Crippen LogP contribution is -2.51. The molecule has 0 radical (unpaired) electrons. The number of ether oxygens (including phenoxy) is 1. The highest BCUT2D eigenvalue weighted by Crippen LogP contribution is 2.29. The van der Waals surface area contributed by atoms with Gasteiger partial charge in [-0.2, -0.15) is 0 Å². The summed E-state index contributed by atoms with van der Waals surface area (Å²) in [6, 6.07) is 28.3. The van der Waals surface area contributed by atoms with E-state index in [1.54, 1.807) is 67.6 Å². The second kappa shape index (κ2) is 15.6. The van der Waals surface area contributed by atoms with Gasteiger partial charge in [0.15, 0.2) is 0 Å². The summed E-state index contributed by atoms with van der Waals surface area (Å²) >= 11 is 6.22. The Morgan fingerprint density at radius 1 is 0.889 bits per heavy atom. The first-order valence-corrected chi connectivity index (χ1v) is 16.6. The third-order valence-corrected chi connectivity index (χ3v) is 9.25. The number of carbonyl (C=O) groups excluding carboxylic acids is 2. The van der Waals surface area contributed by atoms with Gasteiger partial charge in [0.2, 0.25) is 11.8 Å². The minimum absolute atomic E-state index is 0.0391. The van der Waals surface area contributed by atoms with E-state index in [1.807, 2.05) is 44.2 Å². The number of nitrogens with zero attached hydrogens (tertiary/aromatic N) is 2. The Morgan fingerprint density at radius 2 is 1.56 bits per heavy atom. The monoisotopic (exact) mass is 647 g/mol. The van der Waals surface area contributed by atoms with Gasteiger partial charge in [0.25, 0.3) is 10.0 Å². The molecule has 0 heterocycles. The molecule has 4 aromatic carbocycles. The van der Waals surface area contributed by atoms with E-state index in [9.17, 15) is 18.0 Å². The summed E-state index contributed by atoms with van der Waals surface area (Å²) in [7, 11) is -4.19. The Kier molecular flexibility index (Phi) is 11.6. The number of hydrogen-bond donors (Lipinski definition) is 1. The van der Waals surface area contributed by atoms with Crippen LogP contribution in [0.15, 0.2) is 108 Å². The summed E-state index contributed by atoms with van der Waals surface area (Å²) in [6.07, 6.45) is 1.70. The lowest BCUT2D eigenvalue weighted by atomic mass is 10.1. The van der Waals surface area contributed by atoms with Crippen LogP contribution in [0.5, 0.6) is 11.5 Å². The molecule has 0 aliphatic heterocycles. The highest BCUT2D eigenvalue weighted by Gasteiger charge is 2.32. The zero-order valence-electron chi connectivity index (χ0n) is 25.6. The van der Waals surface area contributed by atoms with E-state index in [1.165, 1.54) is 17.0 Å². The molecule has 1 atom stereocenters. The van der Waals surface area contributed by atoms with Crippen LogP contribution in [-0.4, -0.2) is 44.3 Å².